The van der Waals surface area contributed by atoms with E-state index in [1.807, 2.05) is 0 Å². The molecule has 3 aliphatic rings. The van der Waals surface area contributed by atoms with Crippen LogP contribution >= 0.6 is 0 Å². The van der Waals surface area contributed by atoms with Crippen molar-refractivity contribution in [2.75, 3.05) is 19.6 Å². The van der Waals surface area contributed by atoms with Gasteiger partial charge in [-0.3, -0.25) is 29.7 Å². The van der Waals surface area contributed by atoms with E-state index in [4.69, 9.17) is 4.55 Å². The number of hydroxylamine groups is 2. The Balaban J connectivity index is 1.47. The highest BCUT2D eigenvalue weighted by molar-refractivity contribution is 7.80. The van der Waals surface area contributed by atoms with Gasteiger partial charge >= 0.3 is 16.4 Å². The topological polar surface area (TPSA) is 175 Å². The number of piperidine rings is 1. The third-order valence-corrected chi connectivity index (χ3v) is 6.09. The van der Waals surface area contributed by atoms with Crippen LogP contribution in [-0.2, 0) is 31.3 Å². The molecule has 1 aromatic heterocycles. The first-order valence-corrected chi connectivity index (χ1v) is 11.1. The lowest BCUT2D eigenvalue weighted by Gasteiger charge is -2.30. The van der Waals surface area contributed by atoms with Crippen LogP contribution in [0.2, 0.25) is 0 Å². The summed E-state index contributed by atoms with van der Waals surface area (Å²) in [4.78, 5) is 38.8. The summed E-state index contributed by atoms with van der Waals surface area (Å²) in [5.74, 6) is -0.989. The number of carbonyl (C=O) groups is 3. The average Bonchev–Trinajstić information content (AvgIpc) is 3.23. The van der Waals surface area contributed by atoms with Gasteiger partial charge in [0.2, 0.25) is 11.8 Å². The molecule has 14 nitrogen and oxygen atoms in total. The Morgan fingerprint density at radius 1 is 1.32 bits per heavy atom. The summed E-state index contributed by atoms with van der Waals surface area (Å²) < 4.78 is 37.3. The van der Waals surface area contributed by atoms with Crippen LogP contribution in [0.3, 0.4) is 0 Å². The molecule has 2 saturated heterocycles. The van der Waals surface area contributed by atoms with Crippen molar-refractivity contribution in [3.63, 3.8) is 0 Å². The Kier molecular flexibility index (Phi) is 5.59. The second-order valence-corrected chi connectivity index (χ2v) is 8.67. The Morgan fingerprint density at radius 2 is 2.03 bits per heavy atom. The molecule has 0 aliphatic carbocycles. The molecular formula is C16H23N7O7S. The molecule has 4 amide bonds. The Morgan fingerprint density at radius 3 is 2.71 bits per heavy atom. The highest BCUT2D eigenvalue weighted by atomic mass is 32.3. The minimum atomic E-state index is -4.92. The number of nitrogens with one attached hydrogen (secondary N) is 3. The number of urea groups is 1. The van der Waals surface area contributed by atoms with E-state index < -0.39 is 34.4 Å². The number of aromatic nitrogens is 2. The van der Waals surface area contributed by atoms with Crippen molar-refractivity contribution in [3.05, 3.63) is 17.5 Å². The van der Waals surface area contributed by atoms with Crippen molar-refractivity contribution in [2.45, 2.75) is 31.3 Å². The summed E-state index contributed by atoms with van der Waals surface area (Å²) in [6.07, 6.45) is 2.61. The molecule has 2 fully saturated rings. The van der Waals surface area contributed by atoms with E-state index in [0.29, 0.717) is 29.2 Å². The maximum absolute atomic E-state index is 12.7. The maximum atomic E-state index is 12.7. The monoisotopic (exact) mass is 457 g/mol. The van der Waals surface area contributed by atoms with E-state index >= 15 is 0 Å². The van der Waals surface area contributed by atoms with Gasteiger partial charge in [-0.25, -0.2) is 4.79 Å². The number of rotatable bonds is 5. The molecule has 3 aliphatic heterocycles. The van der Waals surface area contributed by atoms with E-state index in [-0.39, 0.29) is 24.8 Å². The van der Waals surface area contributed by atoms with E-state index in [1.165, 1.54) is 15.8 Å². The van der Waals surface area contributed by atoms with Gasteiger partial charge in [-0.1, -0.05) is 0 Å². The highest BCUT2D eigenvalue weighted by Gasteiger charge is 2.52. The minimum Gasteiger partial charge on any atom is -0.317 e. The molecule has 0 spiro atoms. The molecule has 4 rings (SSSR count). The number of hydrogen-bond donors (Lipinski definition) is 4. The number of hydrogen-bond acceptors (Lipinski definition) is 8. The molecule has 2 atom stereocenters. The SMILES string of the molecule is Cn1ncc2c1C(CC(=O)NNC(=O)C1CCNCC1)N1CC2N(OS(=O)(=O)O)C1=O. The van der Waals surface area contributed by atoms with Crippen molar-refractivity contribution < 1.29 is 31.6 Å². The zero-order chi connectivity index (χ0) is 22.3. The fourth-order valence-electron chi connectivity index (χ4n) is 4.30. The number of fused-ring (bicyclic) bond motifs is 4. The molecule has 4 heterocycles. The summed E-state index contributed by atoms with van der Waals surface area (Å²) in [6.45, 7) is 1.52. The average molecular weight is 457 g/mol. The van der Waals surface area contributed by atoms with Crippen molar-refractivity contribution in [1.82, 2.24) is 35.9 Å². The summed E-state index contributed by atoms with van der Waals surface area (Å²) >= 11 is 0. The van der Waals surface area contributed by atoms with Crippen LogP contribution in [0, 0.1) is 5.92 Å². The van der Waals surface area contributed by atoms with Gasteiger partial charge in [0.15, 0.2) is 0 Å². The van der Waals surface area contributed by atoms with E-state index in [1.54, 1.807) is 7.05 Å². The van der Waals surface area contributed by atoms with Gasteiger partial charge in [0, 0.05) is 18.5 Å². The predicted molar refractivity (Wildman–Crippen MR) is 102 cm³/mol. The lowest BCUT2D eigenvalue weighted by Crippen LogP contribution is -2.48. The molecule has 2 bridgehead atoms. The first-order chi connectivity index (χ1) is 14.7. The standard InChI is InChI=1S/C16H23N7O7S/c1-21-14-10(7-18-21)12-8-22(16(26)23(12)30-31(27,28)29)11(14)6-13(24)19-20-15(25)9-2-4-17-5-3-9/h7,9,11-12,17H,2-6,8H2,1H3,(H,19,24)(H,20,25)(H,27,28,29). The first-order valence-electron chi connectivity index (χ1n) is 9.73. The molecule has 31 heavy (non-hydrogen) atoms. The fraction of sp³-hybridized carbons (Fsp3) is 0.625. The Labute approximate surface area is 177 Å². The van der Waals surface area contributed by atoms with Gasteiger partial charge in [0.25, 0.3) is 0 Å². The smallest absolute Gasteiger partial charge is 0.317 e. The van der Waals surface area contributed by atoms with Crippen molar-refractivity contribution in [3.8, 4) is 0 Å². The summed E-state index contributed by atoms with van der Waals surface area (Å²) in [6, 6.07) is -2.38. The lowest BCUT2D eigenvalue weighted by molar-refractivity contribution is -0.132. The highest BCUT2D eigenvalue weighted by Crippen LogP contribution is 2.45. The summed E-state index contributed by atoms with van der Waals surface area (Å²) in [5, 5.41) is 7.86. The zero-order valence-corrected chi connectivity index (χ0v) is 17.5. The summed E-state index contributed by atoms with van der Waals surface area (Å²) in [7, 11) is -3.29. The number of hydrazine groups is 1. The first kappa shape index (κ1) is 21.5. The Bertz CT molecular complexity index is 1000. The fourth-order valence-corrected chi connectivity index (χ4v) is 4.67. The second kappa shape index (κ2) is 8.07. The molecule has 0 aromatic carbocycles. The van der Waals surface area contributed by atoms with Crippen molar-refractivity contribution in [1.29, 1.82) is 0 Å². The minimum absolute atomic E-state index is 0.0480. The van der Waals surface area contributed by atoms with E-state index in [0.717, 1.165) is 13.1 Å². The van der Waals surface area contributed by atoms with Crippen LogP contribution < -0.4 is 16.2 Å². The molecule has 2 unspecified atom stereocenters. The number of carbonyl (C=O) groups excluding carboxylic acids is 3. The normalized spacial score (nSPS) is 23.6. The molecule has 15 heteroatoms. The molecule has 1 aromatic rings. The van der Waals surface area contributed by atoms with Gasteiger partial charge in [-0.15, -0.1) is 4.28 Å². The quantitative estimate of drug-likeness (QED) is 0.304. The maximum Gasteiger partial charge on any atom is 0.418 e. The number of nitrogens with zero attached hydrogens (tertiary/aromatic N) is 4. The van der Waals surface area contributed by atoms with Crippen LogP contribution in [0.15, 0.2) is 6.20 Å². The van der Waals surface area contributed by atoms with Crippen LogP contribution in [0.4, 0.5) is 4.79 Å². The van der Waals surface area contributed by atoms with E-state index in [2.05, 4.69) is 25.6 Å². The Hall–Kier alpha value is -2.75. The lowest BCUT2D eigenvalue weighted by atomic mass is 9.96. The van der Waals surface area contributed by atoms with Gasteiger partial charge in [-0.05, 0) is 25.9 Å². The molecule has 170 valence electrons. The zero-order valence-electron chi connectivity index (χ0n) is 16.6. The third kappa shape index (κ3) is 4.21. The number of aryl methyl sites for hydroxylation is 1. The van der Waals surface area contributed by atoms with Gasteiger partial charge in [-0.2, -0.15) is 18.6 Å². The molecule has 4 N–H and O–H groups in total. The molecule has 0 saturated carbocycles. The van der Waals surface area contributed by atoms with Crippen LogP contribution in [-0.4, -0.2) is 70.2 Å². The van der Waals surface area contributed by atoms with Gasteiger partial charge in [0.1, 0.15) is 6.04 Å². The number of amides is 4. The van der Waals surface area contributed by atoms with Crippen molar-refractivity contribution in [2.24, 2.45) is 13.0 Å². The predicted octanol–water partition coefficient (Wildman–Crippen LogP) is -1.47. The largest absolute Gasteiger partial charge is 0.418 e. The van der Waals surface area contributed by atoms with Gasteiger partial charge < -0.3 is 10.2 Å². The third-order valence-electron chi connectivity index (χ3n) is 5.74. The van der Waals surface area contributed by atoms with Crippen LogP contribution in [0.5, 0.6) is 0 Å². The van der Waals surface area contributed by atoms with Crippen LogP contribution in [0.1, 0.15) is 42.6 Å². The molecule has 0 radical (unpaired) electrons. The molecular weight excluding hydrogens is 434 g/mol. The van der Waals surface area contributed by atoms with Gasteiger partial charge in [0.05, 0.1) is 30.9 Å². The van der Waals surface area contributed by atoms with Crippen molar-refractivity contribution >= 4 is 28.2 Å². The summed E-state index contributed by atoms with van der Waals surface area (Å²) in [5.41, 5.74) is 5.85. The second-order valence-electron chi connectivity index (χ2n) is 7.67. The van der Waals surface area contributed by atoms with E-state index in [9.17, 15) is 22.8 Å². The van der Waals surface area contributed by atoms with Crippen LogP contribution in [0.25, 0.3) is 0 Å².